The standard InChI is InChI=1S/C24H22F3N5O3/c1-16-6-8-17(9-7-16)28-23(34)35-21-11-10-20(29-30-21)31-12-14-32(15-13-31)22(33)18-4-2-3-5-19(18)24(25,26)27/h2-11H,12-15H2,1H3,(H,28,34). The van der Waals surface area contributed by atoms with Crippen LogP contribution >= 0.6 is 0 Å². The number of aromatic nitrogens is 2. The smallest absolute Gasteiger partial charge is 0.389 e. The van der Waals surface area contributed by atoms with E-state index in [0.717, 1.165) is 11.6 Å². The van der Waals surface area contributed by atoms with Crippen molar-refractivity contribution in [1.82, 2.24) is 15.1 Å². The number of ether oxygens (including phenoxy) is 1. The fourth-order valence-corrected chi connectivity index (χ4v) is 3.64. The molecule has 0 atom stereocenters. The molecule has 0 unspecified atom stereocenters. The largest absolute Gasteiger partial charge is 0.418 e. The number of alkyl halides is 3. The molecule has 2 amide bonds. The maximum Gasteiger partial charge on any atom is 0.418 e. The number of piperazine rings is 1. The number of aryl methyl sites for hydroxylation is 1. The van der Waals surface area contributed by atoms with Crippen molar-refractivity contribution in [2.45, 2.75) is 13.1 Å². The molecular formula is C24H22F3N5O3. The zero-order valence-corrected chi connectivity index (χ0v) is 18.7. The lowest BCUT2D eigenvalue weighted by Crippen LogP contribution is -2.49. The third kappa shape index (κ3) is 5.86. The summed E-state index contributed by atoms with van der Waals surface area (Å²) in [6.07, 6.45) is -5.31. The molecule has 0 spiro atoms. The Morgan fingerprint density at radius 1 is 0.914 bits per heavy atom. The van der Waals surface area contributed by atoms with Gasteiger partial charge in [-0.2, -0.15) is 13.2 Å². The number of benzene rings is 2. The van der Waals surface area contributed by atoms with Gasteiger partial charge in [-0.3, -0.25) is 10.1 Å². The van der Waals surface area contributed by atoms with Crippen LogP contribution in [0, 0.1) is 6.92 Å². The summed E-state index contributed by atoms with van der Waals surface area (Å²) in [5.41, 5.74) is 0.330. The maximum absolute atomic E-state index is 13.3. The molecule has 1 fully saturated rings. The van der Waals surface area contributed by atoms with Crippen molar-refractivity contribution >= 4 is 23.5 Å². The normalized spacial score (nSPS) is 13.9. The summed E-state index contributed by atoms with van der Waals surface area (Å²) in [6.45, 7) is 3.11. The minimum Gasteiger partial charge on any atom is -0.389 e. The molecule has 1 aliphatic heterocycles. The van der Waals surface area contributed by atoms with Crippen molar-refractivity contribution in [3.8, 4) is 5.88 Å². The van der Waals surface area contributed by atoms with Crippen LogP contribution < -0.4 is 15.0 Å². The number of carbonyl (C=O) groups is 2. The molecule has 1 aromatic heterocycles. The molecule has 0 radical (unpaired) electrons. The van der Waals surface area contributed by atoms with Gasteiger partial charge < -0.3 is 14.5 Å². The lowest BCUT2D eigenvalue weighted by atomic mass is 10.1. The van der Waals surface area contributed by atoms with Gasteiger partial charge in [-0.25, -0.2) is 4.79 Å². The Labute approximate surface area is 199 Å². The minimum atomic E-state index is -4.61. The van der Waals surface area contributed by atoms with Crippen molar-refractivity contribution in [3.05, 3.63) is 77.4 Å². The van der Waals surface area contributed by atoms with E-state index in [4.69, 9.17) is 4.74 Å². The molecule has 1 aliphatic rings. The van der Waals surface area contributed by atoms with Gasteiger partial charge in [-0.1, -0.05) is 29.8 Å². The van der Waals surface area contributed by atoms with Gasteiger partial charge in [-0.05, 0) is 37.3 Å². The minimum absolute atomic E-state index is 0.0101. The zero-order valence-electron chi connectivity index (χ0n) is 18.7. The number of anilines is 2. The van der Waals surface area contributed by atoms with Crippen molar-refractivity contribution < 1.29 is 27.5 Å². The van der Waals surface area contributed by atoms with Gasteiger partial charge in [0.25, 0.3) is 5.91 Å². The van der Waals surface area contributed by atoms with Crippen LogP contribution in [-0.4, -0.2) is 53.3 Å². The monoisotopic (exact) mass is 485 g/mol. The van der Waals surface area contributed by atoms with Crippen LogP contribution in [0.3, 0.4) is 0 Å². The number of nitrogens with zero attached hydrogens (tertiary/aromatic N) is 4. The molecule has 8 nitrogen and oxygen atoms in total. The van der Waals surface area contributed by atoms with E-state index in [0.29, 0.717) is 24.6 Å². The fourth-order valence-electron chi connectivity index (χ4n) is 3.64. The van der Waals surface area contributed by atoms with E-state index < -0.39 is 23.7 Å². The highest BCUT2D eigenvalue weighted by Crippen LogP contribution is 2.32. The average Bonchev–Trinajstić information content (AvgIpc) is 2.85. The van der Waals surface area contributed by atoms with Gasteiger partial charge in [-0.15, -0.1) is 10.2 Å². The van der Waals surface area contributed by atoms with Crippen LogP contribution in [-0.2, 0) is 6.18 Å². The van der Waals surface area contributed by atoms with E-state index in [9.17, 15) is 22.8 Å². The average molecular weight is 485 g/mol. The first-order valence-corrected chi connectivity index (χ1v) is 10.8. The Bertz CT molecular complexity index is 1190. The number of nitrogens with one attached hydrogen (secondary N) is 1. The summed E-state index contributed by atoms with van der Waals surface area (Å²) in [5, 5.41) is 10.6. The summed E-state index contributed by atoms with van der Waals surface area (Å²) in [6, 6.07) is 15.1. The molecule has 2 heterocycles. The topological polar surface area (TPSA) is 87.7 Å². The fraction of sp³-hybridized carbons (Fsp3) is 0.250. The van der Waals surface area contributed by atoms with Gasteiger partial charge in [0.05, 0.1) is 11.1 Å². The number of carbonyl (C=O) groups excluding carboxylic acids is 2. The molecule has 0 saturated carbocycles. The first kappa shape index (κ1) is 24.0. The lowest BCUT2D eigenvalue weighted by molar-refractivity contribution is -0.138. The Morgan fingerprint density at radius 3 is 2.23 bits per heavy atom. The van der Waals surface area contributed by atoms with Gasteiger partial charge >= 0.3 is 12.3 Å². The molecule has 11 heteroatoms. The molecule has 35 heavy (non-hydrogen) atoms. The van der Waals surface area contributed by atoms with Crippen LogP contribution in [0.5, 0.6) is 5.88 Å². The molecule has 2 aromatic carbocycles. The molecule has 4 rings (SSSR count). The predicted octanol–water partition coefficient (Wildman–Crippen LogP) is 4.38. The third-order valence-corrected chi connectivity index (χ3v) is 5.47. The first-order valence-electron chi connectivity index (χ1n) is 10.8. The van der Waals surface area contributed by atoms with Gasteiger partial charge in [0.2, 0.25) is 5.88 Å². The maximum atomic E-state index is 13.3. The number of hydrogen-bond donors (Lipinski definition) is 1. The van der Waals surface area contributed by atoms with E-state index >= 15 is 0 Å². The highest BCUT2D eigenvalue weighted by molar-refractivity contribution is 5.96. The van der Waals surface area contributed by atoms with Crippen molar-refractivity contribution in [2.75, 3.05) is 36.4 Å². The second kappa shape index (κ2) is 10.00. The van der Waals surface area contributed by atoms with Crippen molar-refractivity contribution in [1.29, 1.82) is 0 Å². The van der Waals surface area contributed by atoms with E-state index in [2.05, 4.69) is 15.5 Å². The molecule has 0 aliphatic carbocycles. The third-order valence-electron chi connectivity index (χ3n) is 5.47. The summed E-state index contributed by atoms with van der Waals surface area (Å²) in [7, 11) is 0. The number of halogens is 3. The molecule has 1 saturated heterocycles. The van der Waals surface area contributed by atoms with Crippen LogP contribution in [0.2, 0.25) is 0 Å². The quantitative estimate of drug-likeness (QED) is 0.590. The predicted molar refractivity (Wildman–Crippen MR) is 122 cm³/mol. The van der Waals surface area contributed by atoms with E-state index in [1.165, 1.54) is 29.2 Å². The van der Waals surface area contributed by atoms with Crippen molar-refractivity contribution in [2.24, 2.45) is 0 Å². The van der Waals surface area contributed by atoms with Gasteiger partial charge in [0.1, 0.15) is 0 Å². The summed E-state index contributed by atoms with van der Waals surface area (Å²) >= 11 is 0. The SMILES string of the molecule is Cc1ccc(NC(=O)Oc2ccc(N3CCN(C(=O)c4ccccc4C(F)(F)F)CC3)nn2)cc1. The van der Waals surface area contributed by atoms with E-state index in [1.54, 1.807) is 18.2 Å². The van der Waals surface area contributed by atoms with Crippen LogP contribution in [0.1, 0.15) is 21.5 Å². The Kier molecular flexibility index (Phi) is 6.85. The first-order chi connectivity index (χ1) is 16.7. The van der Waals surface area contributed by atoms with Gasteiger partial charge in [0, 0.05) is 37.9 Å². The van der Waals surface area contributed by atoms with Crippen molar-refractivity contribution in [3.63, 3.8) is 0 Å². The number of rotatable bonds is 4. The Balaban J connectivity index is 1.32. The van der Waals surface area contributed by atoms with Crippen LogP contribution in [0.15, 0.2) is 60.7 Å². The summed E-state index contributed by atoms with van der Waals surface area (Å²) < 4.78 is 44.9. The second-order valence-electron chi connectivity index (χ2n) is 7.93. The molecule has 0 bridgehead atoms. The van der Waals surface area contributed by atoms with Crippen LogP contribution in [0.4, 0.5) is 29.5 Å². The molecule has 1 N–H and O–H groups in total. The lowest BCUT2D eigenvalue weighted by Gasteiger charge is -2.35. The zero-order chi connectivity index (χ0) is 25.0. The van der Waals surface area contributed by atoms with Crippen LogP contribution in [0.25, 0.3) is 0 Å². The second-order valence-corrected chi connectivity index (χ2v) is 7.93. The summed E-state index contributed by atoms with van der Waals surface area (Å²) in [4.78, 5) is 28.0. The molecule has 3 aromatic rings. The highest BCUT2D eigenvalue weighted by atomic mass is 19.4. The Hall–Kier alpha value is -4.15. The molecular weight excluding hydrogens is 463 g/mol. The van der Waals surface area contributed by atoms with E-state index in [1.807, 2.05) is 24.0 Å². The Morgan fingerprint density at radius 2 is 1.60 bits per heavy atom. The molecule has 182 valence electrons. The van der Waals surface area contributed by atoms with Gasteiger partial charge in [0.15, 0.2) is 5.82 Å². The number of amides is 2. The summed E-state index contributed by atoms with van der Waals surface area (Å²) in [5.74, 6) is -0.151. The number of hydrogen-bond acceptors (Lipinski definition) is 6. The van der Waals surface area contributed by atoms with E-state index in [-0.39, 0.29) is 24.5 Å². The highest BCUT2D eigenvalue weighted by Gasteiger charge is 2.36.